The summed E-state index contributed by atoms with van der Waals surface area (Å²) in [5.41, 5.74) is 2.08. The van der Waals surface area contributed by atoms with Gasteiger partial charge in [0.2, 0.25) is 0 Å². The number of halogens is 4. The highest BCUT2D eigenvalue weighted by Crippen LogP contribution is 2.36. The van der Waals surface area contributed by atoms with E-state index in [0.717, 1.165) is 28.8 Å². The Balaban J connectivity index is 2.35. The molecular formula is C17H15ClF3NO. The van der Waals surface area contributed by atoms with E-state index in [2.05, 4.69) is 5.32 Å². The van der Waals surface area contributed by atoms with Crippen molar-refractivity contribution in [2.45, 2.75) is 26.9 Å². The molecule has 0 bridgehead atoms. The van der Waals surface area contributed by atoms with Gasteiger partial charge in [0.15, 0.2) is 0 Å². The topological polar surface area (TPSA) is 29.1 Å². The van der Waals surface area contributed by atoms with Gasteiger partial charge in [-0.15, -0.1) is 0 Å². The second-order valence-corrected chi connectivity index (χ2v) is 5.83. The van der Waals surface area contributed by atoms with Gasteiger partial charge in [0, 0.05) is 11.3 Å². The molecule has 23 heavy (non-hydrogen) atoms. The van der Waals surface area contributed by atoms with E-state index in [0.29, 0.717) is 5.56 Å². The summed E-state index contributed by atoms with van der Waals surface area (Å²) < 4.78 is 38.6. The summed E-state index contributed by atoms with van der Waals surface area (Å²) in [6, 6.07) is 7.00. The van der Waals surface area contributed by atoms with Crippen LogP contribution in [0.4, 0.5) is 18.9 Å². The van der Waals surface area contributed by atoms with Crippen LogP contribution < -0.4 is 5.32 Å². The predicted molar refractivity (Wildman–Crippen MR) is 85.1 cm³/mol. The molecule has 2 aromatic rings. The monoisotopic (exact) mass is 341 g/mol. The van der Waals surface area contributed by atoms with Crippen LogP contribution >= 0.6 is 11.6 Å². The minimum atomic E-state index is -4.58. The van der Waals surface area contributed by atoms with Crippen molar-refractivity contribution in [1.29, 1.82) is 0 Å². The molecule has 2 nitrogen and oxygen atoms in total. The first-order valence-electron chi connectivity index (χ1n) is 6.85. The van der Waals surface area contributed by atoms with Gasteiger partial charge in [-0.25, -0.2) is 0 Å². The van der Waals surface area contributed by atoms with Crippen molar-refractivity contribution < 1.29 is 18.0 Å². The number of alkyl halides is 3. The Hall–Kier alpha value is -2.01. The molecule has 2 aromatic carbocycles. The van der Waals surface area contributed by atoms with E-state index in [-0.39, 0.29) is 5.69 Å². The highest BCUT2D eigenvalue weighted by atomic mass is 35.5. The second-order valence-electron chi connectivity index (χ2n) is 5.42. The fraction of sp³-hybridized carbons (Fsp3) is 0.235. The first-order chi connectivity index (χ1) is 10.6. The van der Waals surface area contributed by atoms with Crippen LogP contribution in [-0.2, 0) is 6.18 Å². The lowest BCUT2D eigenvalue weighted by Crippen LogP contribution is -2.16. The summed E-state index contributed by atoms with van der Waals surface area (Å²) in [7, 11) is 0. The minimum Gasteiger partial charge on any atom is -0.322 e. The normalized spacial score (nSPS) is 11.4. The Morgan fingerprint density at radius 3 is 2.13 bits per heavy atom. The molecule has 0 spiro atoms. The Morgan fingerprint density at radius 2 is 1.61 bits per heavy atom. The molecule has 0 unspecified atom stereocenters. The molecule has 0 atom stereocenters. The standard InChI is InChI=1S/C17H15ClF3NO/c1-9-6-10(2)15(11(3)7-9)16(23)22-12-4-5-14(18)13(8-12)17(19,20)21/h4-8H,1-3H3,(H,22,23). The summed E-state index contributed by atoms with van der Waals surface area (Å²) in [6.07, 6.45) is -4.58. The molecule has 0 saturated carbocycles. The van der Waals surface area contributed by atoms with E-state index < -0.39 is 22.7 Å². The third-order valence-electron chi connectivity index (χ3n) is 3.43. The number of benzene rings is 2. The number of hydrogen-bond acceptors (Lipinski definition) is 1. The minimum absolute atomic E-state index is 0.0473. The molecule has 2 rings (SSSR count). The maximum atomic E-state index is 12.9. The van der Waals surface area contributed by atoms with Gasteiger partial charge < -0.3 is 5.32 Å². The summed E-state index contributed by atoms with van der Waals surface area (Å²) >= 11 is 5.57. The number of nitrogens with one attached hydrogen (secondary N) is 1. The molecule has 1 amide bonds. The SMILES string of the molecule is Cc1cc(C)c(C(=O)Nc2ccc(Cl)c(C(F)(F)F)c2)c(C)c1. The van der Waals surface area contributed by atoms with Gasteiger partial charge in [0.1, 0.15) is 0 Å². The first-order valence-corrected chi connectivity index (χ1v) is 7.23. The summed E-state index contributed by atoms with van der Waals surface area (Å²) in [6.45, 7) is 5.49. The molecule has 1 N–H and O–H groups in total. The van der Waals surface area contributed by atoms with Crippen molar-refractivity contribution in [1.82, 2.24) is 0 Å². The molecule has 0 aromatic heterocycles. The average Bonchev–Trinajstić information content (AvgIpc) is 2.38. The van der Waals surface area contributed by atoms with Gasteiger partial charge in [-0.2, -0.15) is 13.2 Å². The molecule has 0 aliphatic rings. The fourth-order valence-corrected chi connectivity index (χ4v) is 2.78. The zero-order valence-electron chi connectivity index (χ0n) is 12.8. The van der Waals surface area contributed by atoms with Crippen LogP contribution in [0, 0.1) is 20.8 Å². The molecule has 0 fully saturated rings. The third kappa shape index (κ3) is 3.85. The van der Waals surface area contributed by atoms with Crippen LogP contribution in [0.1, 0.15) is 32.6 Å². The lowest BCUT2D eigenvalue weighted by molar-refractivity contribution is -0.137. The zero-order valence-corrected chi connectivity index (χ0v) is 13.6. The summed E-state index contributed by atoms with van der Waals surface area (Å²) in [4.78, 5) is 12.4. The van der Waals surface area contributed by atoms with Gasteiger partial charge in [0.05, 0.1) is 10.6 Å². The third-order valence-corrected chi connectivity index (χ3v) is 3.76. The lowest BCUT2D eigenvalue weighted by Gasteiger charge is -2.14. The molecule has 0 radical (unpaired) electrons. The van der Waals surface area contributed by atoms with E-state index in [1.807, 2.05) is 19.1 Å². The van der Waals surface area contributed by atoms with Gasteiger partial charge in [0.25, 0.3) is 5.91 Å². The van der Waals surface area contributed by atoms with Crippen molar-refractivity contribution in [3.8, 4) is 0 Å². The van der Waals surface area contributed by atoms with Crippen molar-refractivity contribution in [3.63, 3.8) is 0 Å². The van der Waals surface area contributed by atoms with Crippen LogP contribution in [0.5, 0.6) is 0 Å². The molecule has 6 heteroatoms. The molecule has 122 valence electrons. The first kappa shape index (κ1) is 17.3. The predicted octanol–water partition coefficient (Wildman–Crippen LogP) is 5.54. The maximum Gasteiger partial charge on any atom is 0.417 e. The summed E-state index contributed by atoms with van der Waals surface area (Å²) in [5.74, 6) is -0.449. The van der Waals surface area contributed by atoms with E-state index in [4.69, 9.17) is 11.6 Å². The zero-order chi connectivity index (χ0) is 17.4. The average molecular weight is 342 g/mol. The molecule has 0 aliphatic carbocycles. The molecule has 0 heterocycles. The Bertz CT molecular complexity index is 746. The summed E-state index contributed by atoms with van der Waals surface area (Å²) in [5, 5.41) is 2.10. The molecule has 0 aliphatic heterocycles. The van der Waals surface area contributed by atoms with E-state index in [1.54, 1.807) is 13.8 Å². The van der Waals surface area contributed by atoms with Crippen molar-refractivity contribution in [2.75, 3.05) is 5.32 Å². The van der Waals surface area contributed by atoms with Gasteiger partial charge in [-0.05, 0) is 50.1 Å². The number of anilines is 1. The number of hydrogen-bond donors (Lipinski definition) is 1. The maximum absolute atomic E-state index is 12.9. The smallest absolute Gasteiger partial charge is 0.322 e. The number of amides is 1. The van der Waals surface area contributed by atoms with Crippen molar-refractivity contribution in [3.05, 3.63) is 63.2 Å². The Labute approximate surface area is 137 Å². The number of carbonyl (C=O) groups is 1. The van der Waals surface area contributed by atoms with Crippen LogP contribution in [0.15, 0.2) is 30.3 Å². The molecular weight excluding hydrogens is 327 g/mol. The highest BCUT2D eigenvalue weighted by Gasteiger charge is 2.33. The number of carbonyl (C=O) groups excluding carboxylic acids is 1. The highest BCUT2D eigenvalue weighted by molar-refractivity contribution is 6.31. The van der Waals surface area contributed by atoms with Gasteiger partial charge in [-0.3, -0.25) is 4.79 Å². The van der Waals surface area contributed by atoms with Gasteiger partial charge in [-0.1, -0.05) is 29.3 Å². The quantitative estimate of drug-likeness (QED) is 0.763. The Morgan fingerprint density at radius 1 is 1.04 bits per heavy atom. The van der Waals surface area contributed by atoms with Crippen LogP contribution in [0.3, 0.4) is 0 Å². The van der Waals surface area contributed by atoms with Crippen LogP contribution in [0.25, 0.3) is 0 Å². The number of aryl methyl sites for hydroxylation is 3. The fourth-order valence-electron chi connectivity index (χ4n) is 2.55. The van der Waals surface area contributed by atoms with E-state index in [9.17, 15) is 18.0 Å². The molecule has 0 saturated heterocycles. The number of rotatable bonds is 2. The van der Waals surface area contributed by atoms with Crippen LogP contribution in [-0.4, -0.2) is 5.91 Å². The van der Waals surface area contributed by atoms with Crippen LogP contribution in [0.2, 0.25) is 5.02 Å². The van der Waals surface area contributed by atoms with Gasteiger partial charge >= 0.3 is 6.18 Å². The largest absolute Gasteiger partial charge is 0.417 e. The lowest BCUT2D eigenvalue weighted by atomic mass is 9.99. The van der Waals surface area contributed by atoms with E-state index >= 15 is 0 Å². The Kier molecular flexibility index (Phi) is 4.71. The van der Waals surface area contributed by atoms with Crippen molar-refractivity contribution in [2.24, 2.45) is 0 Å². The van der Waals surface area contributed by atoms with Crippen molar-refractivity contribution >= 4 is 23.2 Å². The van der Waals surface area contributed by atoms with E-state index in [1.165, 1.54) is 6.07 Å². The second kappa shape index (κ2) is 6.24.